The van der Waals surface area contributed by atoms with E-state index in [-0.39, 0.29) is 18.1 Å². The fourth-order valence-electron chi connectivity index (χ4n) is 2.11. The van der Waals surface area contributed by atoms with E-state index in [4.69, 9.17) is 16.3 Å². The first-order valence-corrected chi connectivity index (χ1v) is 7.59. The first kappa shape index (κ1) is 14.8. The molecule has 2 rings (SSSR count). The normalized spacial score (nSPS) is 22.7. The van der Waals surface area contributed by atoms with Gasteiger partial charge in [0.1, 0.15) is 0 Å². The molecule has 106 valence electrons. The zero-order valence-corrected chi connectivity index (χ0v) is 12.8. The predicted molar refractivity (Wildman–Crippen MR) is 77.6 cm³/mol. The monoisotopic (exact) mass is 302 g/mol. The number of likely N-dealkylation sites (N-methyl/N-ethyl adjacent to an activating group) is 1. The van der Waals surface area contributed by atoms with Crippen LogP contribution in [0.4, 0.5) is 0 Å². The highest BCUT2D eigenvalue weighted by molar-refractivity contribution is 7.16. The molecular formula is C13H19ClN2O2S. The number of rotatable bonds is 5. The average Bonchev–Trinajstić information content (AvgIpc) is 2.95. The highest BCUT2D eigenvalue weighted by atomic mass is 35.5. The standard InChI is InChI=1S/C13H19ClN2O2S/c1-9-11(5-6-18-9)15-7-13(17)16(2)8-10-3-4-12(14)19-10/h3-4,9,11,15H,5-8H2,1-2H3/t9-,11-/m1/s1. The second-order valence-corrected chi connectivity index (χ2v) is 6.61. The van der Waals surface area contributed by atoms with Crippen LogP contribution in [-0.2, 0) is 16.1 Å². The van der Waals surface area contributed by atoms with Gasteiger partial charge in [0.25, 0.3) is 0 Å². The van der Waals surface area contributed by atoms with Crippen LogP contribution in [0.5, 0.6) is 0 Å². The van der Waals surface area contributed by atoms with E-state index in [9.17, 15) is 4.79 Å². The van der Waals surface area contributed by atoms with E-state index in [1.165, 1.54) is 11.3 Å². The van der Waals surface area contributed by atoms with E-state index in [0.29, 0.717) is 13.1 Å². The number of amides is 1. The molecule has 1 aliphatic rings. The molecule has 1 aliphatic heterocycles. The second kappa shape index (κ2) is 6.70. The van der Waals surface area contributed by atoms with E-state index in [0.717, 1.165) is 22.2 Å². The van der Waals surface area contributed by atoms with Crippen LogP contribution in [0.15, 0.2) is 12.1 Å². The van der Waals surface area contributed by atoms with E-state index in [2.05, 4.69) is 5.32 Å². The Morgan fingerprint density at radius 2 is 2.42 bits per heavy atom. The van der Waals surface area contributed by atoms with Crippen molar-refractivity contribution in [2.24, 2.45) is 0 Å². The summed E-state index contributed by atoms with van der Waals surface area (Å²) < 4.78 is 6.21. The van der Waals surface area contributed by atoms with Crippen LogP contribution in [0.1, 0.15) is 18.2 Å². The van der Waals surface area contributed by atoms with Crippen LogP contribution < -0.4 is 5.32 Å². The van der Waals surface area contributed by atoms with E-state index >= 15 is 0 Å². The SMILES string of the molecule is C[C@H]1OCC[C@H]1NCC(=O)N(C)Cc1ccc(Cl)s1. The molecule has 0 aliphatic carbocycles. The molecule has 1 amide bonds. The number of carbonyl (C=O) groups is 1. The van der Waals surface area contributed by atoms with E-state index < -0.39 is 0 Å². The number of thiophene rings is 1. The zero-order valence-electron chi connectivity index (χ0n) is 11.2. The number of ether oxygens (including phenoxy) is 1. The second-order valence-electron chi connectivity index (χ2n) is 4.81. The van der Waals surface area contributed by atoms with Gasteiger partial charge in [-0.2, -0.15) is 0 Å². The molecule has 1 fully saturated rings. The Kier molecular flexibility index (Phi) is 5.21. The summed E-state index contributed by atoms with van der Waals surface area (Å²) in [6.07, 6.45) is 1.16. The molecule has 1 N–H and O–H groups in total. The van der Waals surface area contributed by atoms with Crippen LogP contribution in [-0.4, -0.2) is 43.2 Å². The largest absolute Gasteiger partial charge is 0.377 e. The smallest absolute Gasteiger partial charge is 0.236 e. The van der Waals surface area contributed by atoms with Crippen molar-refractivity contribution in [3.8, 4) is 0 Å². The van der Waals surface area contributed by atoms with Gasteiger partial charge in [-0.15, -0.1) is 11.3 Å². The van der Waals surface area contributed by atoms with Gasteiger partial charge in [-0.05, 0) is 25.5 Å². The summed E-state index contributed by atoms with van der Waals surface area (Å²) >= 11 is 7.38. The molecule has 0 saturated carbocycles. The predicted octanol–water partition coefficient (Wildman–Crippen LogP) is 2.13. The molecule has 4 nitrogen and oxygen atoms in total. The first-order chi connectivity index (χ1) is 9.06. The third-order valence-electron chi connectivity index (χ3n) is 3.34. The number of halogens is 1. The number of hydrogen-bond donors (Lipinski definition) is 1. The average molecular weight is 303 g/mol. The van der Waals surface area contributed by atoms with Crippen LogP contribution in [0, 0.1) is 0 Å². The summed E-state index contributed by atoms with van der Waals surface area (Å²) in [5.41, 5.74) is 0. The van der Waals surface area contributed by atoms with Crippen molar-refractivity contribution in [3.63, 3.8) is 0 Å². The summed E-state index contributed by atoms with van der Waals surface area (Å²) in [5.74, 6) is 0.0867. The van der Waals surface area contributed by atoms with E-state index in [1.807, 2.05) is 26.1 Å². The van der Waals surface area contributed by atoms with Gasteiger partial charge < -0.3 is 15.0 Å². The molecule has 2 heterocycles. The van der Waals surface area contributed by atoms with Gasteiger partial charge in [-0.1, -0.05) is 11.6 Å². The fourth-order valence-corrected chi connectivity index (χ4v) is 3.25. The van der Waals surface area contributed by atoms with Crippen molar-refractivity contribution in [1.29, 1.82) is 0 Å². The number of nitrogens with zero attached hydrogens (tertiary/aromatic N) is 1. The summed E-state index contributed by atoms with van der Waals surface area (Å²) in [7, 11) is 1.81. The maximum atomic E-state index is 12.0. The Bertz CT molecular complexity index is 438. The molecule has 6 heteroatoms. The molecule has 0 spiro atoms. The number of nitrogens with one attached hydrogen (secondary N) is 1. The van der Waals surface area contributed by atoms with Crippen molar-refractivity contribution in [1.82, 2.24) is 10.2 Å². The zero-order chi connectivity index (χ0) is 13.8. The molecule has 0 unspecified atom stereocenters. The molecular weight excluding hydrogens is 284 g/mol. The lowest BCUT2D eigenvalue weighted by atomic mass is 10.1. The van der Waals surface area contributed by atoms with Crippen LogP contribution >= 0.6 is 22.9 Å². The van der Waals surface area contributed by atoms with Crippen molar-refractivity contribution < 1.29 is 9.53 Å². The molecule has 19 heavy (non-hydrogen) atoms. The van der Waals surface area contributed by atoms with Gasteiger partial charge in [0.15, 0.2) is 0 Å². The molecule has 0 radical (unpaired) electrons. The Morgan fingerprint density at radius 1 is 1.63 bits per heavy atom. The molecule has 1 aromatic heterocycles. The van der Waals surface area contributed by atoms with Crippen molar-refractivity contribution in [3.05, 3.63) is 21.3 Å². The van der Waals surface area contributed by atoms with Gasteiger partial charge in [0.2, 0.25) is 5.91 Å². The number of hydrogen-bond acceptors (Lipinski definition) is 4. The van der Waals surface area contributed by atoms with Gasteiger partial charge >= 0.3 is 0 Å². The maximum Gasteiger partial charge on any atom is 0.236 e. The lowest BCUT2D eigenvalue weighted by Crippen LogP contribution is -2.42. The third-order valence-corrected chi connectivity index (χ3v) is 4.56. The summed E-state index contributed by atoms with van der Waals surface area (Å²) in [6.45, 7) is 3.77. The summed E-state index contributed by atoms with van der Waals surface area (Å²) in [5, 5.41) is 3.26. The molecule has 1 aromatic rings. The molecule has 2 atom stereocenters. The van der Waals surface area contributed by atoms with Crippen LogP contribution in [0.2, 0.25) is 4.34 Å². The van der Waals surface area contributed by atoms with E-state index in [1.54, 1.807) is 4.90 Å². The Balaban J connectivity index is 1.76. The van der Waals surface area contributed by atoms with Gasteiger partial charge in [0, 0.05) is 24.6 Å². The van der Waals surface area contributed by atoms with Gasteiger partial charge in [0.05, 0.1) is 23.5 Å². The highest BCUT2D eigenvalue weighted by Gasteiger charge is 2.24. The van der Waals surface area contributed by atoms with Crippen molar-refractivity contribution in [2.75, 3.05) is 20.2 Å². The summed E-state index contributed by atoms with van der Waals surface area (Å²) in [4.78, 5) is 14.8. The number of carbonyl (C=O) groups excluding carboxylic acids is 1. The minimum absolute atomic E-state index is 0.0867. The fraction of sp³-hybridized carbons (Fsp3) is 0.615. The lowest BCUT2D eigenvalue weighted by Gasteiger charge is -2.20. The minimum atomic E-state index is 0.0867. The Labute approximate surface area is 122 Å². The maximum absolute atomic E-state index is 12.0. The van der Waals surface area contributed by atoms with Crippen LogP contribution in [0.3, 0.4) is 0 Å². The first-order valence-electron chi connectivity index (χ1n) is 6.39. The molecule has 1 saturated heterocycles. The quantitative estimate of drug-likeness (QED) is 0.906. The molecule has 0 aromatic carbocycles. The lowest BCUT2D eigenvalue weighted by molar-refractivity contribution is -0.129. The topological polar surface area (TPSA) is 41.6 Å². The van der Waals surface area contributed by atoms with Gasteiger partial charge in [-0.3, -0.25) is 4.79 Å². The molecule has 0 bridgehead atoms. The van der Waals surface area contributed by atoms with Crippen molar-refractivity contribution in [2.45, 2.75) is 32.0 Å². The minimum Gasteiger partial charge on any atom is -0.377 e. The highest BCUT2D eigenvalue weighted by Crippen LogP contribution is 2.22. The van der Waals surface area contributed by atoms with Crippen LogP contribution in [0.25, 0.3) is 0 Å². The summed E-state index contributed by atoms with van der Waals surface area (Å²) in [6, 6.07) is 4.10. The third kappa shape index (κ3) is 4.18. The van der Waals surface area contributed by atoms with Gasteiger partial charge in [-0.25, -0.2) is 0 Å². The Hall–Kier alpha value is -0.620. The van der Waals surface area contributed by atoms with Crippen molar-refractivity contribution >= 4 is 28.8 Å². The Morgan fingerprint density at radius 3 is 3.00 bits per heavy atom.